The third kappa shape index (κ3) is 4.66. The Bertz CT molecular complexity index is 906. The lowest BCUT2D eigenvalue weighted by Gasteiger charge is -2.26. The van der Waals surface area contributed by atoms with Gasteiger partial charge in [-0.2, -0.15) is 0 Å². The molecule has 1 saturated heterocycles. The summed E-state index contributed by atoms with van der Waals surface area (Å²) < 4.78 is 13.6. The maximum atomic E-state index is 6.20. The second-order valence-electron chi connectivity index (χ2n) is 7.00. The minimum atomic E-state index is 0.556. The van der Waals surface area contributed by atoms with Crippen molar-refractivity contribution in [1.82, 2.24) is 14.5 Å². The summed E-state index contributed by atoms with van der Waals surface area (Å²) in [4.78, 5) is 7.35. The van der Waals surface area contributed by atoms with Gasteiger partial charge < -0.3 is 14.0 Å². The van der Waals surface area contributed by atoms with Gasteiger partial charge in [0.05, 0.1) is 35.8 Å². The SMILES string of the molecule is Clc1ccccc1OCCn1c(CCCN2CCOCC2)nc2ccccc21. The average molecular weight is 400 g/mol. The predicted molar refractivity (Wildman–Crippen MR) is 112 cm³/mol. The van der Waals surface area contributed by atoms with E-state index in [1.807, 2.05) is 30.3 Å². The first-order valence-electron chi connectivity index (χ1n) is 9.93. The van der Waals surface area contributed by atoms with Gasteiger partial charge in [0, 0.05) is 19.5 Å². The Balaban J connectivity index is 1.41. The molecule has 0 saturated carbocycles. The van der Waals surface area contributed by atoms with Crippen LogP contribution in [0.2, 0.25) is 5.02 Å². The molecule has 148 valence electrons. The molecule has 3 aromatic rings. The number of hydrogen-bond donors (Lipinski definition) is 0. The van der Waals surface area contributed by atoms with E-state index in [0.29, 0.717) is 11.6 Å². The number of para-hydroxylation sites is 3. The van der Waals surface area contributed by atoms with Crippen LogP contribution in [0.25, 0.3) is 11.0 Å². The number of benzene rings is 2. The molecular weight excluding hydrogens is 374 g/mol. The van der Waals surface area contributed by atoms with Gasteiger partial charge in [-0.05, 0) is 37.2 Å². The van der Waals surface area contributed by atoms with Gasteiger partial charge in [-0.15, -0.1) is 0 Å². The number of halogens is 1. The van der Waals surface area contributed by atoms with Crippen LogP contribution in [0.5, 0.6) is 5.75 Å². The van der Waals surface area contributed by atoms with Gasteiger partial charge in [-0.3, -0.25) is 4.90 Å². The molecule has 0 N–H and O–H groups in total. The zero-order valence-electron chi connectivity index (χ0n) is 16.0. The van der Waals surface area contributed by atoms with E-state index in [2.05, 4.69) is 27.7 Å². The Hall–Kier alpha value is -2.08. The number of fused-ring (bicyclic) bond motifs is 1. The molecular formula is C22H26ClN3O2. The van der Waals surface area contributed by atoms with Crippen molar-refractivity contribution in [2.45, 2.75) is 19.4 Å². The Labute approximate surface area is 170 Å². The van der Waals surface area contributed by atoms with E-state index in [4.69, 9.17) is 26.1 Å². The number of ether oxygens (including phenoxy) is 2. The molecule has 2 heterocycles. The van der Waals surface area contributed by atoms with Crippen LogP contribution < -0.4 is 4.74 Å². The van der Waals surface area contributed by atoms with Crippen molar-refractivity contribution in [2.75, 3.05) is 39.5 Å². The van der Waals surface area contributed by atoms with Crippen LogP contribution in [-0.4, -0.2) is 53.9 Å². The molecule has 5 nitrogen and oxygen atoms in total. The van der Waals surface area contributed by atoms with Crippen molar-refractivity contribution in [3.05, 3.63) is 59.4 Å². The van der Waals surface area contributed by atoms with Crippen LogP contribution in [0.15, 0.2) is 48.5 Å². The molecule has 0 unspecified atom stereocenters. The number of aromatic nitrogens is 2. The van der Waals surface area contributed by atoms with Crippen LogP contribution in [-0.2, 0) is 17.7 Å². The number of imidazole rings is 1. The van der Waals surface area contributed by atoms with Crippen molar-refractivity contribution in [3.63, 3.8) is 0 Å². The Morgan fingerprint density at radius 1 is 1.00 bits per heavy atom. The van der Waals surface area contributed by atoms with Crippen LogP contribution in [0.1, 0.15) is 12.2 Å². The minimum Gasteiger partial charge on any atom is -0.490 e. The van der Waals surface area contributed by atoms with E-state index < -0.39 is 0 Å². The Morgan fingerprint density at radius 2 is 1.79 bits per heavy atom. The number of morpholine rings is 1. The number of hydrogen-bond acceptors (Lipinski definition) is 4. The summed E-state index contributed by atoms with van der Waals surface area (Å²) in [5.74, 6) is 1.85. The molecule has 1 aromatic heterocycles. The lowest BCUT2D eigenvalue weighted by molar-refractivity contribution is 0.0374. The molecule has 0 spiro atoms. The smallest absolute Gasteiger partial charge is 0.137 e. The van der Waals surface area contributed by atoms with Crippen LogP contribution in [0, 0.1) is 0 Å². The fourth-order valence-corrected chi connectivity index (χ4v) is 3.85. The van der Waals surface area contributed by atoms with Gasteiger partial charge in [0.15, 0.2) is 0 Å². The van der Waals surface area contributed by atoms with Crippen LogP contribution in [0.3, 0.4) is 0 Å². The first-order chi connectivity index (χ1) is 13.8. The summed E-state index contributed by atoms with van der Waals surface area (Å²) >= 11 is 6.20. The van der Waals surface area contributed by atoms with Crippen LogP contribution in [0.4, 0.5) is 0 Å². The second kappa shape index (κ2) is 9.41. The largest absolute Gasteiger partial charge is 0.490 e. The summed E-state index contributed by atoms with van der Waals surface area (Å²) in [5, 5.41) is 0.642. The molecule has 0 radical (unpaired) electrons. The highest BCUT2D eigenvalue weighted by atomic mass is 35.5. The van der Waals surface area contributed by atoms with Gasteiger partial charge in [0.25, 0.3) is 0 Å². The summed E-state index contributed by atoms with van der Waals surface area (Å²) in [6.45, 7) is 6.14. The lowest BCUT2D eigenvalue weighted by Crippen LogP contribution is -2.37. The highest BCUT2D eigenvalue weighted by molar-refractivity contribution is 6.32. The van der Waals surface area contributed by atoms with Gasteiger partial charge in [0.1, 0.15) is 18.2 Å². The standard InChI is InChI=1S/C22H26ClN3O2/c23-18-6-1-4-9-21(18)28-17-14-26-20-8-3-2-7-19(20)24-22(26)10-5-11-25-12-15-27-16-13-25/h1-4,6-9H,5,10-17H2. The van der Waals surface area contributed by atoms with Crippen LogP contribution >= 0.6 is 11.6 Å². The van der Waals surface area contributed by atoms with Crippen molar-refractivity contribution in [3.8, 4) is 5.75 Å². The normalized spacial score (nSPS) is 15.2. The van der Waals surface area contributed by atoms with E-state index in [0.717, 1.165) is 74.8 Å². The molecule has 0 bridgehead atoms. The third-order valence-corrected chi connectivity index (χ3v) is 5.43. The monoisotopic (exact) mass is 399 g/mol. The summed E-state index contributed by atoms with van der Waals surface area (Å²) in [6, 6.07) is 15.9. The molecule has 0 amide bonds. The van der Waals surface area contributed by atoms with Gasteiger partial charge in [-0.1, -0.05) is 35.9 Å². The van der Waals surface area contributed by atoms with E-state index >= 15 is 0 Å². The van der Waals surface area contributed by atoms with E-state index in [9.17, 15) is 0 Å². The summed E-state index contributed by atoms with van der Waals surface area (Å²) in [6.07, 6.45) is 2.05. The van der Waals surface area contributed by atoms with E-state index in [-0.39, 0.29) is 0 Å². The lowest BCUT2D eigenvalue weighted by atomic mass is 10.2. The fourth-order valence-electron chi connectivity index (χ4n) is 3.66. The second-order valence-corrected chi connectivity index (χ2v) is 7.41. The van der Waals surface area contributed by atoms with Gasteiger partial charge in [-0.25, -0.2) is 4.98 Å². The summed E-state index contributed by atoms with van der Waals surface area (Å²) in [7, 11) is 0. The fraction of sp³-hybridized carbons (Fsp3) is 0.409. The molecule has 1 fully saturated rings. The number of aryl methyl sites for hydroxylation is 1. The van der Waals surface area contributed by atoms with Crippen molar-refractivity contribution in [2.24, 2.45) is 0 Å². The van der Waals surface area contributed by atoms with Crippen molar-refractivity contribution in [1.29, 1.82) is 0 Å². The summed E-state index contributed by atoms with van der Waals surface area (Å²) in [5.41, 5.74) is 2.20. The molecule has 4 rings (SSSR count). The van der Waals surface area contributed by atoms with E-state index in [1.54, 1.807) is 0 Å². The van der Waals surface area contributed by atoms with Crippen molar-refractivity contribution >= 4 is 22.6 Å². The Morgan fingerprint density at radius 3 is 2.64 bits per heavy atom. The average Bonchev–Trinajstić information content (AvgIpc) is 3.08. The maximum absolute atomic E-state index is 6.20. The third-order valence-electron chi connectivity index (χ3n) is 5.12. The highest BCUT2D eigenvalue weighted by Gasteiger charge is 2.13. The Kier molecular flexibility index (Phi) is 6.47. The first-order valence-corrected chi connectivity index (χ1v) is 10.3. The highest BCUT2D eigenvalue weighted by Crippen LogP contribution is 2.23. The molecule has 6 heteroatoms. The topological polar surface area (TPSA) is 39.5 Å². The number of nitrogens with zero attached hydrogens (tertiary/aromatic N) is 3. The quantitative estimate of drug-likeness (QED) is 0.573. The maximum Gasteiger partial charge on any atom is 0.137 e. The molecule has 0 atom stereocenters. The molecule has 1 aliphatic rings. The molecule has 1 aliphatic heterocycles. The van der Waals surface area contributed by atoms with E-state index in [1.165, 1.54) is 0 Å². The zero-order valence-corrected chi connectivity index (χ0v) is 16.8. The molecule has 2 aromatic carbocycles. The molecule has 0 aliphatic carbocycles. The predicted octanol–water partition coefficient (Wildman–Crippen LogP) is 4.03. The van der Waals surface area contributed by atoms with Crippen molar-refractivity contribution < 1.29 is 9.47 Å². The van der Waals surface area contributed by atoms with Gasteiger partial charge >= 0.3 is 0 Å². The first kappa shape index (κ1) is 19.2. The minimum absolute atomic E-state index is 0.556. The number of rotatable bonds is 8. The molecule has 28 heavy (non-hydrogen) atoms. The zero-order chi connectivity index (χ0) is 19.2. The van der Waals surface area contributed by atoms with Gasteiger partial charge in [0.2, 0.25) is 0 Å².